The minimum absolute atomic E-state index is 0.0176. The molecule has 2 atom stereocenters. The highest BCUT2D eigenvalue weighted by Crippen LogP contribution is 2.48. The molecule has 2 aromatic carbocycles. The molecular weight excluding hydrogens is 390 g/mol. The van der Waals surface area contributed by atoms with Crippen LogP contribution in [0.1, 0.15) is 28.3 Å². The lowest BCUT2D eigenvalue weighted by atomic mass is 10.1. The summed E-state index contributed by atoms with van der Waals surface area (Å²) in [4.78, 5) is 36.9. The Labute approximate surface area is 178 Å². The average Bonchev–Trinajstić information content (AvgIpc) is 3.61. The second-order valence-electron chi connectivity index (χ2n) is 7.55. The van der Waals surface area contributed by atoms with Crippen molar-refractivity contribution in [3.63, 3.8) is 0 Å². The molecule has 31 heavy (non-hydrogen) atoms. The number of benzene rings is 2. The summed E-state index contributed by atoms with van der Waals surface area (Å²) in [5, 5.41) is 7.82. The van der Waals surface area contributed by atoms with Crippen molar-refractivity contribution in [3.05, 3.63) is 90.6 Å². The Morgan fingerprint density at radius 3 is 2.52 bits per heavy atom. The first-order valence-electron chi connectivity index (χ1n) is 9.99. The molecule has 0 spiro atoms. The van der Waals surface area contributed by atoms with E-state index in [0.29, 0.717) is 11.4 Å². The maximum Gasteiger partial charge on any atom is 0.256 e. The molecule has 1 aliphatic rings. The molecule has 2 N–H and O–H groups in total. The van der Waals surface area contributed by atoms with Gasteiger partial charge in [-0.2, -0.15) is 0 Å². The molecule has 1 aliphatic carbocycles. The molecule has 152 valence electrons. The lowest BCUT2D eigenvalue weighted by molar-refractivity contribution is -0.117. The Morgan fingerprint density at radius 2 is 1.71 bits per heavy atom. The lowest BCUT2D eigenvalue weighted by Crippen LogP contribution is -2.14. The number of fused-ring (bicyclic) bond motifs is 1. The summed E-state index contributed by atoms with van der Waals surface area (Å²) < 4.78 is 0. The SMILES string of the molecule is O=C(Nc1ccncn1)c1ccc([C@@H]2C[C@H]2C(=O)Nc2ccc3cnccc3c2)cc1. The zero-order valence-electron chi connectivity index (χ0n) is 16.5. The van der Waals surface area contributed by atoms with Crippen molar-refractivity contribution >= 4 is 34.1 Å². The van der Waals surface area contributed by atoms with Crippen LogP contribution in [0.25, 0.3) is 10.8 Å². The Morgan fingerprint density at radius 1 is 0.871 bits per heavy atom. The van der Waals surface area contributed by atoms with Crippen LogP contribution in [0.4, 0.5) is 11.5 Å². The fourth-order valence-corrected chi connectivity index (χ4v) is 3.68. The average molecular weight is 409 g/mol. The number of carbonyl (C=O) groups excluding carboxylic acids is 2. The van der Waals surface area contributed by atoms with Gasteiger partial charge in [-0.25, -0.2) is 9.97 Å². The number of pyridine rings is 1. The predicted molar refractivity (Wildman–Crippen MR) is 118 cm³/mol. The van der Waals surface area contributed by atoms with E-state index < -0.39 is 0 Å². The number of hydrogen-bond donors (Lipinski definition) is 2. The Kier molecular flexibility index (Phi) is 4.84. The summed E-state index contributed by atoms with van der Waals surface area (Å²) in [6.45, 7) is 0. The van der Waals surface area contributed by atoms with E-state index in [2.05, 4.69) is 25.6 Å². The number of aromatic nitrogens is 3. The number of hydrogen-bond acceptors (Lipinski definition) is 5. The van der Waals surface area contributed by atoms with Crippen LogP contribution >= 0.6 is 0 Å². The number of anilines is 2. The highest BCUT2D eigenvalue weighted by molar-refractivity contribution is 6.03. The van der Waals surface area contributed by atoms with Gasteiger partial charge in [0.2, 0.25) is 5.91 Å². The molecule has 2 aromatic heterocycles. The normalized spacial score (nSPS) is 17.2. The van der Waals surface area contributed by atoms with Gasteiger partial charge in [0, 0.05) is 41.1 Å². The van der Waals surface area contributed by atoms with Gasteiger partial charge in [-0.15, -0.1) is 0 Å². The van der Waals surface area contributed by atoms with Gasteiger partial charge in [-0.3, -0.25) is 14.6 Å². The van der Waals surface area contributed by atoms with Gasteiger partial charge >= 0.3 is 0 Å². The third-order valence-corrected chi connectivity index (χ3v) is 5.46. The van der Waals surface area contributed by atoms with Crippen molar-refractivity contribution in [2.75, 3.05) is 10.6 Å². The summed E-state index contributed by atoms with van der Waals surface area (Å²) in [5.74, 6) is 0.344. The maximum absolute atomic E-state index is 12.7. The van der Waals surface area contributed by atoms with Gasteiger partial charge in [0.05, 0.1) is 0 Å². The quantitative estimate of drug-likeness (QED) is 0.519. The summed E-state index contributed by atoms with van der Waals surface area (Å²) in [7, 11) is 0. The number of rotatable bonds is 5. The van der Waals surface area contributed by atoms with Gasteiger partial charge in [-0.1, -0.05) is 18.2 Å². The number of nitrogens with zero attached hydrogens (tertiary/aromatic N) is 3. The van der Waals surface area contributed by atoms with Crippen molar-refractivity contribution in [1.29, 1.82) is 0 Å². The van der Waals surface area contributed by atoms with Crippen molar-refractivity contribution in [2.24, 2.45) is 5.92 Å². The summed E-state index contributed by atoms with van der Waals surface area (Å²) in [5.41, 5.74) is 2.38. The molecule has 7 heteroatoms. The number of nitrogens with one attached hydrogen (secondary N) is 2. The van der Waals surface area contributed by atoms with Crippen LogP contribution in [0.15, 0.2) is 79.5 Å². The minimum atomic E-state index is -0.234. The van der Waals surface area contributed by atoms with E-state index in [0.717, 1.165) is 28.4 Å². The monoisotopic (exact) mass is 409 g/mol. The third kappa shape index (κ3) is 4.11. The summed E-state index contributed by atoms with van der Waals surface area (Å²) >= 11 is 0. The molecule has 0 saturated heterocycles. The molecule has 0 aliphatic heterocycles. The van der Waals surface area contributed by atoms with E-state index in [4.69, 9.17) is 0 Å². The predicted octanol–water partition coefficient (Wildman–Crippen LogP) is 4.02. The molecule has 2 amide bonds. The van der Waals surface area contributed by atoms with E-state index in [1.54, 1.807) is 36.8 Å². The number of carbonyl (C=O) groups is 2. The van der Waals surface area contributed by atoms with Crippen LogP contribution in [-0.4, -0.2) is 26.8 Å². The van der Waals surface area contributed by atoms with Crippen LogP contribution in [-0.2, 0) is 4.79 Å². The first-order chi connectivity index (χ1) is 15.2. The topological polar surface area (TPSA) is 96.9 Å². The van der Waals surface area contributed by atoms with Gasteiger partial charge in [-0.05, 0) is 59.7 Å². The smallest absolute Gasteiger partial charge is 0.256 e. The number of amides is 2. The second-order valence-corrected chi connectivity index (χ2v) is 7.55. The Balaban J connectivity index is 1.21. The zero-order chi connectivity index (χ0) is 21.2. The first-order valence-corrected chi connectivity index (χ1v) is 9.99. The fourth-order valence-electron chi connectivity index (χ4n) is 3.68. The first kappa shape index (κ1) is 18.9. The Hall–Kier alpha value is -4.13. The molecule has 2 heterocycles. The molecule has 0 unspecified atom stereocenters. The fraction of sp³-hybridized carbons (Fsp3) is 0.125. The van der Waals surface area contributed by atoms with Gasteiger partial charge in [0.25, 0.3) is 5.91 Å². The summed E-state index contributed by atoms with van der Waals surface area (Å²) in [6.07, 6.45) is 7.29. The van der Waals surface area contributed by atoms with Crippen LogP contribution in [0.3, 0.4) is 0 Å². The summed E-state index contributed by atoms with van der Waals surface area (Å²) in [6, 6.07) is 16.7. The van der Waals surface area contributed by atoms with E-state index in [1.165, 1.54) is 6.33 Å². The molecule has 0 radical (unpaired) electrons. The lowest BCUT2D eigenvalue weighted by Gasteiger charge is -2.07. The molecule has 0 bridgehead atoms. The van der Waals surface area contributed by atoms with Gasteiger partial charge in [0.15, 0.2) is 0 Å². The molecule has 5 rings (SSSR count). The zero-order valence-corrected chi connectivity index (χ0v) is 16.5. The highest BCUT2D eigenvalue weighted by atomic mass is 16.2. The molecule has 4 aromatic rings. The minimum Gasteiger partial charge on any atom is -0.326 e. The largest absolute Gasteiger partial charge is 0.326 e. The van der Waals surface area contributed by atoms with Crippen LogP contribution in [0, 0.1) is 5.92 Å². The van der Waals surface area contributed by atoms with Crippen LogP contribution in [0.2, 0.25) is 0 Å². The van der Waals surface area contributed by atoms with E-state index >= 15 is 0 Å². The van der Waals surface area contributed by atoms with Crippen molar-refractivity contribution in [1.82, 2.24) is 15.0 Å². The molecule has 1 fully saturated rings. The van der Waals surface area contributed by atoms with Crippen molar-refractivity contribution < 1.29 is 9.59 Å². The molecule has 7 nitrogen and oxygen atoms in total. The van der Waals surface area contributed by atoms with Crippen LogP contribution in [0.5, 0.6) is 0 Å². The van der Waals surface area contributed by atoms with Gasteiger partial charge < -0.3 is 10.6 Å². The molecule has 1 saturated carbocycles. The Bertz CT molecular complexity index is 1260. The van der Waals surface area contributed by atoms with Crippen molar-refractivity contribution in [2.45, 2.75) is 12.3 Å². The van der Waals surface area contributed by atoms with Crippen LogP contribution < -0.4 is 10.6 Å². The van der Waals surface area contributed by atoms with E-state index in [-0.39, 0.29) is 23.7 Å². The van der Waals surface area contributed by atoms with Gasteiger partial charge in [0.1, 0.15) is 12.1 Å². The van der Waals surface area contributed by atoms with E-state index in [1.807, 2.05) is 36.4 Å². The van der Waals surface area contributed by atoms with E-state index in [9.17, 15) is 9.59 Å². The second kappa shape index (κ2) is 7.95. The standard InChI is InChI=1S/C24H19N5O2/c30-23(29-22-8-10-26-14-27-22)16-3-1-15(2-4-16)20-12-21(20)24(31)28-19-6-5-18-13-25-9-7-17(18)11-19/h1-11,13-14,20-21H,12H2,(H,28,31)(H,26,27,29,30)/t20-,21+/m0/s1. The third-order valence-electron chi connectivity index (χ3n) is 5.46. The highest BCUT2D eigenvalue weighted by Gasteiger charge is 2.43. The van der Waals surface area contributed by atoms with Crippen molar-refractivity contribution in [3.8, 4) is 0 Å². The maximum atomic E-state index is 12.7. The molecular formula is C24H19N5O2.